The third-order valence-electron chi connectivity index (χ3n) is 4.97. The van der Waals surface area contributed by atoms with Crippen LogP contribution in [0, 0.1) is 6.92 Å². The minimum absolute atomic E-state index is 0.161. The Bertz CT molecular complexity index is 890. The lowest BCUT2D eigenvalue weighted by molar-refractivity contribution is -0.00546. The fourth-order valence-electron chi connectivity index (χ4n) is 3.51. The molecule has 2 atom stereocenters. The number of rotatable bonds is 5. The fraction of sp³-hybridized carbons (Fsp3) is 0.409. The Kier molecular flexibility index (Phi) is 6.89. The standard InChI is InChI=1S/C22H29N5O3/c1-14-9-18(21(28)23-4)6-7-19(14)26-22(29)25-11-17-5-8-20(24-10-17)27-12-15(2)30-16(3)13-27/h5-10,15-16H,11-13H2,1-4H3,(H,23,28)(H2,25,26,29). The maximum atomic E-state index is 12.3. The van der Waals surface area contributed by atoms with Gasteiger partial charge in [0.25, 0.3) is 5.91 Å². The summed E-state index contributed by atoms with van der Waals surface area (Å²) < 4.78 is 5.76. The van der Waals surface area contributed by atoms with E-state index in [4.69, 9.17) is 4.74 Å². The van der Waals surface area contributed by atoms with Crippen LogP contribution in [0.1, 0.15) is 35.3 Å². The first-order valence-corrected chi connectivity index (χ1v) is 10.1. The minimum Gasteiger partial charge on any atom is -0.372 e. The first-order chi connectivity index (χ1) is 14.4. The van der Waals surface area contributed by atoms with E-state index in [0.29, 0.717) is 17.8 Å². The van der Waals surface area contributed by atoms with Gasteiger partial charge < -0.3 is 25.6 Å². The predicted octanol–water partition coefficient (Wildman–Crippen LogP) is 2.68. The number of pyridine rings is 1. The van der Waals surface area contributed by atoms with Crippen LogP contribution in [0.3, 0.4) is 0 Å². The van der Waals surface area contributed by atoms with E-state index in [-0.39, 0.29) is 24.1 Å². The number of ether oxygens (including phenoxy) is 1. The molecule has 1 saturated heterocycles. The Morgan fingerprint density at radius 1 is 1.17 bits per heavy atom. The van der Waals surface area contributed by atoms with Gasteiger partial charge in [0.2, 0.25) is 0 Å². The van der Waals surface area contributed by atoms with Gasteiger partial charge in [0, 0.05) is 44.1 Å². The molecule has 30 heavy (non-hydrogen) atoms. The van der Waals surface area contributed by atoms with E-state index in [1.165, 1.54) is 0 Å². The van der Waals surface area contributed by atoms with E-state index in [1.54, 1.807) is 31.4 Å². The minimum atomic E-state index is -0.314. The Hall–Kier alpha value is -3.13. The summed E-state index contributed by atoms with van der Waals surface area (Å²) in [5.74, 6) is 0.753. The van der Waals surface area contributed by atoms with Gasteiger partial charge in [-0.2, -0.15) is 0 Å². The van der Waals surface area contributed by atoms with Crippen LogP contribution < -0.4 is 20.9 Å². The molecule has 1 aromatic heterocycles. The average Bonchev–Trinajstić information content (AvgIpc) is 2.72. The Labute approximate surface area is 177 Å². The van der Waals surface area contributed by atoms with Gasteiger partial charge in [-0.1, -0.05) is 6.07 Å². The molecule has 0 radical (unpaired) electrons. The molecule has 0 bridgehead atoms. The number of anilines is 2. The SMILES string of the molecule is CNC(=O)c1ccc(NC(=O)NCc2ccc(N3CC(C)OC(C)C3)nc2)c(C)c1. The van der Waals surface area contributed by atoms with Crippen LogP contribution in [-0.2, 0) is 11.3 Å². The average molecular weight is 412 g/mol. The predicted molar refractivity (Wildman–Crippen MR) is 117 cm³/mol. The molecule has 0 aliphatic carbocycles. The summed E-state index contributed by atoms with van der Waals surface area (Å²) in [6, 6.07) is 8.77. The van der Waals surface area contributed by atoms with Crippen molar-refractivity contribution in [2.24, 2.45) is 0 Å². The summed E-state index contributed by atoms with van der Waals surface area (Å²) in [6.07, 6.45) is 2.13. The van der Waals surface area contributed by atoms with E-state index in [2.05, 4.69) is 39.7 Å². The highest BCUT2D eigenvalue weighted by atomic mass is 16.5. The number of benzene rings is 1. The van der Waals surface area contributed by atoms with Crippen LogP contribution in [0.4, 0.5) is 16.3 Å². The molecule has 1 aromatic carbocycles. The zero-order valence-corrected chi connectivity index (χ0v) is 17.9. The lowest BCUT2D eigenvalue weighted by atomic mass is 10.1. The van der Waals surface area contributed by atoms with Crippen LogP contribution in [0.25, 0.3) is 0 Å². The molecular weight excluding hydrogens is 382 g/mol. The maximum Gasteiger partial charge on any atom is 0.319 e. The zero-order valence-electron chi connectivity index (χ0n) is 17.9. The number of morpholine rings is 1. The highest BCUT2D eigenvalue weighted by Gasteiger charge is 2.23. The lowest BCUT2D eigenvalue weighted by Gasteiger charge is -2.36. The number of carbonyl (C=O) groups excluding carboxylic acids is 2. The van der Waals surface area contributed by atoms with E-state index in [0.717, 1.165) is 30.0 Å². The smallest absolute Gasteiger partial charge is 0.319 e. The number of hydrogen-bond donors (Lipinski definition) is 3. The Balaban J connectivity index is 1.53. The number of urea groups is 1. The van der Waals surface area contributed by atoms with Crippen molar-refractivity contribution in [1.29, 1.82) is 0 Å². The third-order valence-corrected chi connectivity index (χ3v) is 4.97. The first-order valence-electron chi connectivity index (χ1n) is 10.1. The molecule has 2 unspecified atom stereocenters. The van der Waals surface area contributed by atoms with E-state index >= 15 is 0 Å². The molecule has 0 saturated carbocycles. The molecular formula is C22H29N5O3. The molecule has 3 amide bonds. The van der Waals surface area contributed by atoms with E-state index < -0.39 is 0 Å². The molecule has 1 aliphatic rings. The van der Waals surface area contributed by atoms with Crippen LogP contribution in [-0.4, -0.2) is 49.3 Å². The van der Waals surface area contributed by atoms with Gasteiger partial charge in [-0.25, -0.2) is 9.78 Å². The molecule has 160 valence electrons. The topological polar surface area (TPSA) is 95.6 Å². The van der Waals surface area contributed by atoms with Crippen molar-refractivity contribution < 1.29 is 14.3 Å². The van der Waals surface area contributed by atoms with Gasteiger partial charge >= 0.3 is 6.03 Å². The van der Waals surface area contributed by atoms with Crippen LogP contribution in [0.15, 0.2) is 36.5 Å². The Morgan fingerprint density at radius 2 is 1.90 bits per heavy atom. The molecule has 0 spiro atoms. The van der Waals surface area contributed by atoms with Crippen LogP contribution in [0.2, 0.25) is 0 Å². The number of amides is 3. The second-order valence-corrected chi connectivity index (χ2v) is 7.60. The van der Waals surface area contributed by atoms with Crippen molar-refractivity contribution in [2.75, 3.05) is 30.4 Å². The molecule has 2 aromatic rings. The van der Waals surface area contributed by atoms with E-state index in [1.807, 2.05) is 19.1 Å². The first kappa shape index (κ1) is 21.6. The van der Waals surface area contributed by atoms with Crippen molar-refractivity contribution in [1.82, 2.24) is 15.6 Å². The number of aryl methyl sites for hydroxylation is 1. The molecule has 2 heterocycles. The molecule has 1 aliphatic heterocycles. The number of aromatic nitrogens is 1. The quantitative estimate of drug-likeness (QED) is 0.703. The van der Waals surface area contributed by atoms with Crippen LogP contribution >= 0.6 is 0 Å². The summed E-state index contributed by atoms with van der Waals surface area (Å²) in [6.45, 7) is 7.97. The van der Waals surface area contributed by atoms with Gasteiger partial charge in [-0.15, -0.1) is 0 Å². The number of nitrogens with one attached hydrogen (secondary N) is 3. The normalized spacial score (nSPS) is 18.6. The summed E-state index contributed by atoms with van der Waals surface area (Å²) in [5.41, 5.74) is 2.93. The second-order valence-electron chi connectivity index (χ2n) is 7.60. The van der Waals surface area contributed by atoms with Crippen molar-refractivity contribution >= 4 is 23.4 Å². The van der Waals surface area contributed by atoms with Crippen molar-refractivity contribution in [3.8, 4) is 0 Å². The Morgan fingerprint density at radius 3 is 2.50 bits per heavy atom. The number of carbonyl (C=O) groups is 2. The summed E-state index contributed by atoms with van der Waals surface area (Å²) in [5, 5.41) is 8.23. The van der Waals surface area contributed by atoms with Gasteiger partial charge in [-0.05, 0) is 56.2 Å². The lowest BCUT2D eigenvalue weighted by Crippen LogP contribution is -2.45. The van der Waals surface area contributed by atoms with Gasteiger partial charge in [0.15, 0.2) is 0 Å². The van der Waals surface area contributed by atoms with Gasteiger partial charge in [0.1, 0.15) is 5.82 Å². The molecule has 1 fully saturated rings. The number of hydrogen-bond acceptors (Lipinski definition) is 5. The summed E-state index contributed by atoms with van der Waals surface area (Å²) in [7, 11) is 1.58. The molecule has 3 N–H and O–H groups in total. The van der Waals surface area contributed by atoms with Crippen molar-refractivity contribution in [3.63, 3.8) is 0 Å². The largest absolute Gasteiger partial charge is 0.372 e. The molecule has 8 nitrogen and oxygen atoms in total. The van der Waals surface area contributed by atoms with Gasteiger partial charge in [-0.3, -0.25) is 4.79 Å². The maximum absolute atomic E-state index is 12.3. The third kappa shape index (κ3) is 5.48. The van der Waals surface area contributed by atoms with Crippen molar-refractivity contribution in [3.05, 3.63) is 53.2 Å². The molecule has 3 rings (SSSR count). The van der Waals surface area contributed by atoms with Gasteiger partial charge in [0.05, 0.1) is 12.2 Å². The highest BCUT2D eigenvalue weighted by Crippen LogP contribution is 2.19. The monoisotopic (exact) mass is 411 g/mol. The zero-order chi connectivity index (χ0) is 21.7. The number of nitrogens with zero attached hydrogens (tertiary/aromatic N) is 2. The second kappa shape index (κ2) is 9.58. The van der Waals surface area contributed by atoms with Crippen LogP contribution in [0.5, 0.6) is 0 Å². The summed E-state index contributed by atoms with van der Waals surface area (Å²) >= 11 is 0. The van der Waals surface area contributed by atoms with E-state index in [9.17, 15) is 9.59 Å². The fourth-order valence-corrected chi connectivity index (χ4v) is 3.51. The molecule has 8 heteroatoms. The summed E-state index contributed by atoms with van der Waals surface area (Å²) in [4.78, 5) is 30.7. The highest BCUT2D eigenvalue weighted by molar-refractivity contribution is 5.96. The van der Waals surface area contributed by atoms with Crippen molar-refractivity contribution in [2.45, 2.75) is 39.5 Å².